The zero-order valence-electron chi connectivity index (χ0n) is 12.8. The van der Waals surface area contributed by atoms with E-state index >= 15 is 0 Å². The number of carbonyl (C=O) groups excluding carboxylic acids is 1. The average Bonchev–Trinajstić information content (AvgIpc) is 3.07. The largest absolute Gasteiger partial charge is 0.358 e. The molecule has 1 atom stereocenters. The molecule has 2 aromatic rings. The normalized spacial score (nSPS) is 19.2. The minimum absolute atomic E-state index is 0.0351. The number of aromatic amines is 1. The lowest BCUT2D eigenvalue weighted by molar-refractivity contribution is 0.0942. The van der Waals surface area contributed by atoms with E-state index in [-0.39, 0.29) is 5.91 Å². The second-order valence-corrected chi connectivity index (χ2v) is 5.81. The highest BCUT2D eigenvalue weighted by atomic mass is 16.1. The highest BCUT2D eigenvalue weighted by Crippen LogP contribution is 2.22. The van der Waals surface area contributed by atoms with Crippen molar-refractivity contribution in [2.45, 2.75) is 32.7 Å². The van der Waals surface area contributed by atoms with Gasteiger partial charge in [0.15, 0.2) is 0 Å². The molecule has 0 aliphatic carbocycles. The second-order valence-electron chi connectivity index (χ2n) is 5.81. The van der Waals surface area contributed by atoms with Crippen molar-refractivity contribution in [1.29, 1.82) is 0 Å². The Labute approximate surface area is 125 Å². The Morgan fingerprint density at radius 2 is 2.24 bits per heavy atom. The van der Waals surface area contributed by atoms with E-state index in [4.69, 9.17) is 0 Å². The molecule has 1 aromatic carbocycles. The van der Waals surface area contributed by atoms with E-state index in [0.29, 0.717) is 6.04 Å². The van der Waals surface area contributed by atoms with Crippen LogP contribution in [0.25, 0.3) is 10.9 Å². The molecule has 3 rings (SSSR count). The van der Waals surface area contributed by atoms with E-state index in [1.807, 2.05) is 31.2 Å². The van der Waals surface area contributed by atoms with E-state index < -0.39 is 0 Å². The monoisotopic (exact) mass is 285 g/mol. The maximum Gasteiger partial charge on any atom is 0.253 e. The number of nitrogens with zero attached hydrogens (tertiary/aromatic N) is 1. The summed E-state index contributed by atoms with van der Waals surface area (Å²) in [5.41, 5.74) is 2.75. The van der Waals surface area contributed by atoms with E-state index in [9.17, 15) is 4.79 Å². The van der Waals surface area contributed by atoms with Gasteiger partial charge in [0.1, 0.15) is 0 Å². The van der Waals surface area contributed by atoms with Crippen molar-refractivity contribution in [3.63, 3.8) is 0 Å². The molecule has 0 bridgehead atoms. The summed E-state index contributed by atoms with van der Waals surface area (Å²) in [4.78, 5) is 18.3. The predicted octanol–water partition coefficient (Wildman–Crippen LogP) is 2.69. The average molecular weight is 285 g/mol. The molecule has 1 unspecified atom stereocenters. The van der Waals surface area contributed by atoms with Crippen LogP contribution in [-0.2, 0) is 0 Å². The summed E-state index contributed by atoms with van der Waals surface area (Å²) in [5, 5.41) is 4.13. The number of nitrogens with one attached hydrogen (secondary N) is 2. The molecule has 21 heavy (non-hydrogen) atoms. The number of benzene rings is 1. The quantitative estimate of drug-likeness (QED) is 0.907. The Morgan fingerprint density at radius 3 is 3.05 bits per heavy atom. The first-order valence-corrected chi connectivity index (χ1v) is 7.80. The van der Waals surface area contributed by atoms with Crippen LogP contribution in [0.4, 0.5) is 0 Å². The molecule has 1 aliphatic heterocycles. The summed E-state index contributed by atoms with van der Waals surface area (Å²) in [6.45, 7) is 7.11. The van der Waals surface area contributed by atoms with Gasteiger partial charge in [-0.25, -0.2) is 0 Å². The van der Waals surface area contributed by atoms with Gasteiger partial charge < -0.3 is 10.3 Å². The highest BCUT2D eigenvalue weighted by Gasteiger charge is 2.24. The number of hydrogen-bond acceptors (Lipinski definition) is 2. The Morgan fingerprint density at radius 1 is 1.43 bits per heavy atom. The van der Waals surface area contributed by atoms with Gasteiger partial charge in [-0.3, -0.25) is 9.69 Å². The van der Waals surface area contributed by atoms with Crippen molar-refractivity contribution in [3.8, 4) is 0 Å². The van der Waals surface area contributed by atoms with Crippen molar-refractivity contribution in [1.82, 2.24) is 15.2 Å². The molecule has 2 heterocycles. The fourth-order valence-electron chi connectivity index (χ4n) is 3.41. The summed E-state index contributed by atoms with van der Waals surface area (Å²) >= 11 is 0. The van der Waals surface area contributed by atoms with Gasteiger partial charge in [-0.15, -0.1) is 0 Å². The third-order valence-electron chi connectivity index (χ3n) is 4.52. The summed E-state index contributed by atoms with van der Waals surface area (Å²) in [5.74, 6) is 0.0351. The molecule has 1 aliphatic rings. The summed E-state index contributed by atoms with van der Waals surface area (Å²) in [6.07, 6.45) is 2.42. The Bertz CT molecular complexity index is 647. The lowest BCUT2D eigenvalue weighted by Crippen LogP contribution is -2.40. The van der Waals surface area contributed by atoms with Crippen LogP contribution in [0.15, 0.2) is 24.3 Å². The van der Waals surface area contributed by atoms with Gasteiger partial charge in [0.25, 0.3) is 5.91 Å². The van der Waals surface area contributed by atoms with E-state index in [1.54, 1.807) is 0 Å². The van der Waals surface area contributed by atoms with E-state index in [0.717, 1.165) is 41.8 Å². The SMILES string of the molecule is CCN1CCCC1CNC(=O)c1c(C)[nH]c2ccccc12. The van der Waals surface area contributed by atoms with Crippen molar-refractivity contribution in [2.24, 2.45) is 0 Å². The lowest BCUT2D eigenvalue weighted by atomic mass is 10.1. The molecular formula is C17H23N3O. The number of likely N-dealkylation sites (tertiary alicyclic amines) is 1. The molecule has 0 saturated carbocycles. The van der Waals surface area contributed by atoms with E-state index in [1.165, 1.54) is 12.8 Å². The Hall–Kier alpha value is -1.81. The third kappa shape index (κ3) is 2.68. The molecule has 0 radical (unpaired) electrons. The number of aryl methyl sites for hydroxylation is 1. The topological polar surface area (TPSA) is 48.1 Å². The minimum atomic E-state index is 0.0351. The molecule has 1 fully saturated rings. The number of H-pyrrole nitrogens is 1. The third-order valence-corrected chi connectivity index (χ3v) is 4.52. The molecule has 4 heteroatoms. The van der Waals surface area contributed by atoms with Crippen LogP contribution in [0.5, 0.6) is 0 Å². The molecule has 1 aromatic heterocycles. The Kier molecular flexibility index (Phi) is 3.97. The number of rotatable bonds is 4. The Balaban J connectivity index is 1.74. The van der Waals surface area contributed by atoms with Crippen LogP contribution in [0.1, 0.15) is 35.8 Å². The maximum atomic E-state index is 12.5. The maximum absolute atomic E-state index is 12.5. The standard InChI is InChI=1S/C17H23N3O/c1-3-20-10-6-7-13(20)11-18-17(21)16-12(2)19-15-9-5-4-8-14(15)16/h4-5,8-9,13,19H,3,6-7,10-11H2,1-2H3,(H,18,21). The fourth-order valence-corrected chi connectivity index (χ4v) is 3.41. The number of fused-ring (bicyclic) bond motifs is 1. The molecule has 1 amide bonds. The lowest BCUT2D eigenvalue weighted by Gasteiger charge is -2.22. The highest BCUT2D eigenvalue weighted by molar-refractivity contribution is 6.08. The predicted molar refractivity (Wildman–Crippen MR) is 85.6 cm³/mol. The first-order valence-electron chi connectivity index (χ1n) is 7.80. The van der Waals surface area contributed by atoms with Crippen LogP contribution in [0.2, 0.25) is 0 Å². The first-order chi connectivity index (χ1) is 10.2. The zero-order valence-corrected chi connectivity index (χ0v) is 12.8. The van der Waals surface area contributed by atoms with Crippen molar-refractivity contribution < 1.29 is 4.79 Å². The molecule has 112 valence electrons. The van der Waals surface area contributed by atoms with Crippen molar-refractivity contribution in [2.75, 3.05) is 19.6 Å². The smallest absolute Gasteiger partial charge is 0.253 e. The fraction of sp³-hybridized carbons (Fsp3) is 0.471. The van der Waals surface area contributed by atoms with Gasteiger partial charge >= 0.3 is 0 Å². The summed E-state index contributed by atoms with van der Waals surface area (Å²) in [6, 6.07) is 8.46. The van der Waals surface area contributed by atoms with Gasteiger partial charge in [-0.1, -0.05) is 25.1 Å². The van der Waals surface area contributed by atoms with Gasteiger partial charge in [0, 0.05) is 29.2 Å². The van der Waals surface area contributed by atoms with Crippen LogP contribution < -0.4 is 5.32 Å². The zero-order chi connectivity index (χ0) is 14.8. The first kappa shape index (κ1) is 14.1. The number of carbonyl (C=O) groups is 1. The van der Waals surface area contributed by atoms with Gasteiger partial charge in [0.05, 0.1) is 5.56 Å². The number of para-hydroxylation sites is 1. The van der Waals surface area contributed by atoms with Gasteiger partial charge in [-0.2, -0.15) is 0 Å². The van der Waals surface area contributed by atoms with Crippen LogP contribution in [-0.4, -0.2) is 41.5 Å². The van der Waals surface area contributed by atoms with Gasteiger partial charge in [-0.05, 0) is 38.9 Å². The van der Waals surface area contributed by atoms with Crippen LogP contribution in [0.3, 0.4) is 0 Å². The number of likely N-dealkylation sites (N-methyl/N-ethyl adjacent to an activating group) is 1. The van der Waals surface area contributed by atoms with E-state index in [2.05, 4.69) is 22.1 Å². The van der Waals surface area contributed by atoms with Crippen LogP contribution in [0, 0.1) is 6.92 Å². The summed E-state index contributed by atoms with van der Waals surface area (Å²) in [7, 11) is 0. The van der Waals surface area contributed by atoms with Crippen molar-refractivity contribution in [3.05, 3.63) is 35.5 Å². The molecule has 1 saturated heterocycles. The summed E-state index contributed by atoms with van der Waals surface area (Å²) < 4.78 is 0. The molecule has 4 nitrogen and oxygen atoms in total. The number of hydrogen-bond donors (Lipinski definition) is 2. The van der Waals surface area contributed by atoms with Crippen molar-refractivity contribution >= 4 is 16.8 Å². The molecular weight excluding hydrogens is 262 g/mol. The van der Waals surface area contributed by atoms with Gasteiger partial charge in [0.2, 0.25) is 0 Å². The number of amides is 1. The molecule has 0 spiro atoms. The van der Waals surface area contributed by atoms with Crippen LogP contribution >= 0.6 is 0 Å². The molecule has 2 N–H and O–H groups in total. The second kappa shape index (κ2) is 5.90. The minimum Gasteiger partial charge on any atom is -0.358 e. The number of aromatic nitrogens is 1.